The van der Waals surface area contributed by atoms with Crippen molar-refractivity contribution in [1.82, 2.24) is 14.7 Å². The van der Waals surface area contributed by atoms with Crippen LogP contribution in [0, 0.1) is 0 Å². The Balaban J connectivity index is 1.55. The van der Waals surface area contributed by atoms with Gasteiger partial charge in [-0.25, -0.2) is 14.3 Å². The Hall–Kier alpha value is -3.13. The van der Waals surface area contributed by atoms with Crippen LogP contribution >= 0.6 is 15.9 Å². The highest BCUT2D eigenvalue weighted by atomic mass is 79.9. The molecule has 0 radical (unpaired) electrons. The monoisotopic (exact) mass is 496 g/mol. The number of fused-ring (bicyclic) bond motifs is 1. The predicted octanol–water partition coefficient (Wildman–Crippen LogP) is 5.22. The van der Waals surface area contributed by atoms with Crippen molar-refractivity contribution < 1.29 is 14.7 Å². The Morgan fingerprint density at radius 2 is 1.72 bits per heavy atom. The quantitative estimate of drug-likeness (QED) is 0.520. The molecule has 32 heavy (non-hydrogen) atoms. The molecule has 2 aromatic carbocycles. The van der Waals surface area contributed by atoms with Gasteiger partial charge in [-0.3, -0.25) is 0 Å². The van der Waals surface area contributed by atoms with Gasteiger partial charge >= 0.3 is 12.0 Å². The standard InChI is InChI=1S/C24H25BrN4O3/c1-24(2,3)15-4-8-17(9-5-15)26-23(32)28-13-12-20-19(14-28)21(22(30)31)27-29(20)18-10-6-16(25)7-11-18/h4-11H,12-14H2,1-3H3,(H,26,32)(H,30,31). The van der Waals surface area contributed by atoms with Crippen molar-refractivity contribution in [2.75, 3.05) is 11.9 Å². The molecule has 0 saturated carbocycles. The summed E-state index contributed by atoms with van der Waals surface area (Å²) in [7, 11) is 0. The van der Waals surface area contributed by atoms with E-state index in [-0.39, 0.29) is 23.7 Å². The van der Waals surface area contributed by atoms with Gasteiger partial charge in [-0.15, -0.1) is 0 Å². The minimum atomic E-state index is -1.10. The van der Waals surface area contributed by atoms with Crippen LogP contribution in [0.4, 0.5) is 10.5 Å². The summed E-state index contributed by atoms with van der Waals surface area (Å²) < 4.78 is 2.60. The van der Waals surface area contributed by atoms with Crippen LogP contribution < -0.4 is 5.32 Å². The molecule has 0 unspecified atom stereocenters. The number of carbonyl (C=O) groups is 2. The lowest BCUT2D eigenvalue weighted by Crippen LogP contribution is -2.39. The molecule has 1 aromatic heterocycles. The first-order valence-corrected chi connectivity index (χ1v) is 11.2. The largest absolute Gasteiger partial charge is 0.476 e. The highest BCUT2D eigenvalue weighted by Crippen LogP contribution is 2.27. The highest BCUT2D eigenvalue weighted by Gasteiger charge is 2.30. The number of carboxylic acid groups (broad SMARTS) is 1. The van der Waals surface area contributed by atoms with Crippen molar-refractivity contribution in [2.45, 2.75) is 39.2 Å². The number of amides is 2. The van der Waals surface area contributed by atoms with E-state index < -0.39 is 5.97 Å². The molecule has 166 valence electrons. The van der Waals surface area contributed by atoms with Gasteiger partial charge in [-0.2, -0.15) is 5.10 Å². The maximum absolute atomic E-state index is 12.9. The van der Waals surface area contributed by atoms with E-state index in [1.54, 1.807) is 9.58 Å². The Morgan fingerprint density at radius 1 is 1.06 bits per heavy atom. The average Bonchev–Trinajstić information content (AvgIpc) is 3.13. The fourth-order valence-corrected chi connectivity index (χ4v) is 4.08. The normalized spacial score (nSPS) is 13.6. The Kier molecular flexibility index (Phi) is 5.81. The average molecular weight is 497 g/mol. The number of nitrogens with one attached hydrogen (secondary N) is 1. The molecule has 0 bridgehead atoms. The SMILES string of the molecule is CC(C)(C)c1ccc(NC(=O)N2CCc3c(c(C(=O)O)nn3-c3ccc(Br)cc3)C2)cc1. The van der Waals surface area contributed by atoms with Gasteiger partial charge in [0.05, 0.1) is 17.9 Å². The number of halogens is 1. The van der Waals surface area contributed by atoms with Gasteiger partial charge in [-0.1, -0.05) is 48.8 Å². The van der Waals surface area contributed by atoms with Gasteiger partial charge in [0.1, 0.15) is 0 Å². The van der Waals surface area contributed by atoms with E-state index in [1.165, 1.54) is 5.56 Å². The summed E-state index contributed by atoms with van der Waals surface area (Å²) in [5.41, 5.74) is 4.09. The molecule has 2 N–H and O–H groups in total. The van der Waals surface area contributed by atoms with Crippen molar-refractivity contribution in [3.05, 3.63) is 75.5 Å². The van der Waals surface area contributed by atoms with Gasteiger partial charge < -0.3 is 15.3 Å². The third kappa shape index (κ3) is 4.41. The highest BCUT2D eigenvalue weighted by molar-refractivity contribution is 9.10. The van der Waals surface area contributed by atoms with Crippen LogP contribution in [0.1, 0.15) is 48.1 Å². The van der Waals surface area contributed by atoms with Gasteiger partial charge in [-0.05, 0) is 47.4 Å². The Morgan fingerprint density at radius 3 is 2.31 bits per heavy atom. The molecular weight excluding hydrogens is 472 g/mol. The van der Waals surface area contributed by atoms with Crippen molar-refractivity contribution in [2.24, 2.45) is 0 Å². The molecular formula is C24H25BrN4O3. The number of anilines is 1. The molecule has 0 fully saturated rings. The zero-order valence-electron chi connectivity index (χ0n) is 18.2. The fourth-order valence-electron chi connectivity index (χ4n) is 3.82. The van der Waals surface area contributed by atoms with Crippen molar-refractivity contribution in [1.29, 1.82) is 0 Å². The van der Waals surface area contributed by atoms with Crippen molar-refractivity contribution in [3.63, 3.8) is 0 Å². The van der Waals surface area contributed by atoms with Crippen LogP contribution in [-0.4, -0.2) is 38.3 Å². The number of aromatic nitrogens is 2. The van der Waals surface area contributed by atoms with E-state index in [0.717, 1.165) is 15.9 Å². The number of nitrogens with zero attached hydrogens (tertiary/aromatic N) is 3. The van der Waals surface area contributed by atoms with Crippen molar-refractivity contribution in [3.8, 4) is 5.69 Å². The van der Waals surface area contributed by atoms with Gasteiger partial charge in [0.15, 0.2) is 5.69 Å². The van der Waals surface area contributed by atoms with E-state index in [4.69, 9.17) is 0 Å². The zero-order valence-corrected chi connectivity index (χ0v) is 19.8. The van der Waals surface area contributed by atoms with Crippen LogP contribution in [0.3, 0.4) is 0 Å². The second-order valence-electron chi connectivity index (χ2n) is 8.90. The summed E-state index contributed by atoms with van der Waals surface area (Å²) >= 11 is 3.41. The van der Waals surface area contributed by atoms with E-state index in [0.29, 0.717) is 24.2 Å². The molecule has 0 aliphatic carbocycles. The molecule has 8 heteroatoms. The molecule has 4 rings (SSSR count). The van der Waals surface area contributed by atoms with Crippen molar-refractivity contribution >= 4 is 33.6 Å². The topological polar surface area (TPSA) is 87.5 Å². The lowest BCUT2D eigenvalue weighted by atomic mass is 9.87. The maximum atomic E-state index is 12.9. The summed E-state index contributed by atoms with van der Waals surface area (Å²) in [5.74, 6) is -1.10. The first kappa shape index (κ1) is 22.1. The Labute approximate surface area is 195 Å². The van der Waals surface area contributed by atoms with Crippen LogP contribution in [0.5, 0.6) is 0 Å². The number of benzene rings is 2. The third-order valence-electron chi connectivity index (χ3n) is 5.62. The fraction of sp³-hybridized carbons (Fsp3) is 0.292. The second-order valence-corrected chi connectivity index (χ2v) is 9.81. The molecule has 1 aliphatic rings. The predicted molar refractivity (Wildman–Crippen MR) is 126 cm³/mol. The van der Waals surface area contributed by atoms with E-state index in [2.05, 4.69) is 47.1 Å². The summed E-state index contributed by atoms with van der Waals surface area (Å²) in [6.07, 6.45) is 0.516. The molecule has 0 saturated heterocycles. The lowest BCUT2D eigenvalue weighted by molar-refractivity contribution is 0.0687. The first-order chi connectivity index (χ1) is 15.1. The van der Waals surface area contributed by atoms with Gasteiger partial charge in [0.2, 0.25) is 0 Å². The minimum Gasteiger partial charge on any atom is -0.476 e. The van der Waals surface area contributed by atoms with Crippen LogP contribution in [0.15, 0.2) is 53.0 Å². The van der Waals surface area contributed by atoms with Gasteiger partial charge in [0, 0.05) is 28.7 Å². The van der Waals surface area contributed by atoms with Gasteiger partial charge in [0.25, 0.3) is 0 Å². The number of rotatable bonds is 3. The van der Waals surface area contributed by atoms with Crippen LogP contribution in [0.2, 0.25) is 0 Å². The maximum Gasteiger partial charge on any atom is 0.356 e. The zero-order chi connectivity index (χ0) is 23.0. The number of hydrogen-bond donors (Lipinski definition) is 2. The second kappa shape index (κ2) is 8.43. The molecule has 0 atom stereocenters. The number of urea groups is 1. The first-order valence-electron chi connectivity index (χ1n) is 10.4. The minimum absolute atomic E-state index is 0.0186. The Bertz CT molecular complexity index is 1160. The lowest BCUT2D eigenvalue weighted by Gasteiger charge is -2.28. The molecule has 3 aromatic rings. The van der Waals surface area contributed by atoms with E-state index in [1.807, 2.05) is 48.5 Å². The molecule has 1 aliphatic heterocycles. The van der Waals surface area contributed by atoms with Crippen LogP contribution in [-0.2, 0) is 18.4 Å². The molecule has 2 heterocycles. The number of aromatic carboxylic acids is 1. The van der Waals surface area contributed by atoms with E-state index >= 15 is 0 Å². The summed E-state index contributed by atoms with van der Waals surface area (Å²) in [5, 5.41) is 17.0. The summed E-state index contributed by atoms with van der Waals surface area (Å²) in [4.78, 5) is 26.4. The van der Waals surface area contributed by atoms with Crippen LogP contribution in [0.25, 0.3) is 5.69 Å². The molecule has 7 nitrogen and oxygen atoms in total. The number of carboxylic acids is 1. The number of hydrogen-bond acceptors (Lipinski definition) is 3. The molecule has 0 spiro atoms. The smallest absolute Gasteiger partial charge is 0.356 e. The number of carbonyl (C=O) groups excluding carboxylic acids is 1. The summed E-state index contributed by atoms with van der Waals surface area (Å²) in [6.45, 7) is 7.08. The third-order valence-corrected chi connectivity index (χ3v) is 6.15. The molecule has 2 amide bonds. The summed E-state index contributed by atoms with van der Waals surface area (Å²) in [6, 6.07) is 15.1. The van der Waals surface area contributed by atoms with E-state index in [9.17, 15) is 14.7 Å².